The SMILES string of the molecule is CC(COCCOCCOCCCC(C)C(C)C)CC(C)C(C)C. The van der Waals surface area contributed by atoms with E-state index in [4.69, 9.17) is 14.2 Å². The lowest BCUT2D eigenvalue weighted by atomic mass is 9.89. The minimum atomic E-state index is 0.624. The Morgan fingerprint density at radius 3 is 1.62 bits per heavy atom. The van der Waals surface area contributed by atoms with E-state index >= 15 is 0 Å². The molecule has 0 amide bonds. The van der Waals surface area contributed by atoms with Gasteiger partial charge in [0, 0.05) is 13.2 Å². The minimum Gasteiger partial charge on any atom is -0.379 e. The highest BCUT2D eigenvalue weighted by atomic mass is 16.5. The molecule has 0 spiro atoms. The van der Waals surface area contributed by atoms with Crippen LogP contribution in [0, 0.1) is 29.6 Å². The summed E-state index contributed by atoms with van der Waals surface area (Å²) in [5.41, 5.74) is 0. The van der Waals surface area contributed by atoms with Gasteiger partial charge in [-0.3, -0.25) is 0 Å². The van der Waals surface area contributed by atoms with Gasteiger partial charge in [0.25, 0.3) is 0 Å². The van der Waals surface area contributed by atoms with Crippen molar-refractivity contribution in [1.29, 1.82) is 0 Å². The van der Waals surface area contributed by atoms with Gasteiger partial charge in [0.15, 0.2) is 0 Å². The van der Waals surface area contributed by atoms with Gasteiger partial charge in [0.2, 0.25) is 0 Å². The predicted octanol–water partition coefficient (Wildman–Crippen LogP) is 5.43. The van der Waals surface area contributed by atoms with E-state index in [1.54, 1.807) is 0 Å². The summed E-state index contributed by atoms with van der Waals surface area (Å²) < 4.78 is 16.9. The van der Waals surface area contributed by atoms with Gasteiger partial charge < -0.3 is 14.2 Å². The highest BCUT2D eigenvalue weighted by Crippen LogP contribution is 2.19. The van der Waals surface area contributed by atoms with Gasteiger partial charge in [0.1, 0.15) is 0 Å². The summed E-state index contributed by atoms with van der Waals surface area (Å²) in [5, 5.41) is 0. The second-order valence-corrected chi connectivity index (χ2v) is 8.23. The Balaban J connectivity index is 3.28. The Hall–Kier alpha value is -0.120. The molecule has 146 valence electrons. The van der Waals surface area contributed by atoms with Gasteiger partial charge in [0.05, 0.1) is 26.4 Å². The van der Waals surface area contributed by atoms with Crippen molar-refractivity contribution in [2.45, 2.75) is 67.7 Å². The molecule has 0 aliphatic heterocycles. The van der Waals surface area contributed by atoms with E-state index in [0.29, 0.717) is 32.3 Å². The molecule has 0 aromatic carbocycles. The molecule has 3 heteroatoms. The van der Waals surface area contributed by atoms with Crippen molar-refractivity contribution in [2.24, 2.45) is 29.6 Å². The van der Waals surface area contributed by atoms with Crippen molar-refractivity contribution in [3.63, 3.8) is 0 Å². The van der Waals surface area contributed by atoms with Gasteiger partial charge in [-0.1, -0.05) is 48.5 Å². The van der Waals surface area contributed by atoms with Crippen molar-refractivity contribution in [2.75, 3.05) is 39.6 Å². The van der Waals surface area contributed by atoms with Crippen LogP contribution >= 0.6 is 0 Å². The maximum Gasteiger partial charge on any atom is 0.0701 e. The summed E-state index contributed by atoms with van der Waals surface area (Å²) in [6, 6.07) is 0. The molecule has 24 heavy (non-hydrogen) atoms. The molecule has 3 unspecified atom stereocenters. The highest BCUT2D eigenvalue weighted by Gasteiger charge is 2.12. The molecular weight excluding hydrogens is 300 g/mol. The summed E-state index contributed by atoms with van der Waals surface area (Å²) >= 11 is 0. The predicted molar refractivity (Wildman–Crippen MR) is 103 cm³/mol. The molecule has 0 fully saturated rings. The topological polar surface area (TPSA) is 27.7 Å². The van der Waals surface area contributed by atoms with E-state index in [1.807, 2.05) is 0 Å². The van der Waals surface area contributed by atoms with Crippen LogP contribution in [0.4, 0.5) is 0 Å². The average molecular weight is 345 g/mol. The molecule has 0 aliphatic rings. The van der Waals surface area contributed by atoms with E-state index in [-0.39, 0.29) is 0 Å². The summed E-state index contributed by atoms with van der Waals surface area (Å²) in [6.45, 7) is 20.5. The molecule has 0 aromatic rings. The van der Waals surface area contributed by atoms with Crippen LogP contribution in [0.25, 0.3) is 0 Å². The zero-order valence-corrected chi connectivity index (χ0v) is 17.5. The van der Waals surface area contributed by atoms with Crippen molar-refractivity contribution < 1.29 is 14.2 Å². The number of hydrogen-bond donors (Lipinski definition) is 0. The van der Waals surface area contributed by atoms with Crippen LogP contribution in [0.15, 0.2) is 0 Å². The zero-order chi connectivity index (χ0) is 18.4. The molecule has 0 rings (SSSR count). The van der Waals surface area contributed by atoms with E-state index < -0.39 is 0 Å². The molecule has 0 bridgehead atoms. The Kier molecular flexibility index (Phi) is 15.1. The van der Waals surface area contributed by atoms with Gasteiger partial charge in [-0.25, -0.2) is 0 Å². The van der Waals surface area contributed by atoms with Crippen molar-refractivity contribution in [3.05, 3.63) is 0 Å². The first-order valence-electron chi connectivity index (χ1n) is 10.1. The lowest BCUT2D eigenvalue weighted by molar-refractivity contribution is 0.00568. The van der Waals surface area contributed by atoms with Gasteiger partial charge in [-0.05, 0) is 48.9 Å². The van der Waals surface area contributed by atoms with Crippen LogP contribution in [-0.4, -0.2) is 39.6 Å². The zero-order valence-electron chi connectivity index (χ0n) is 17.5. The molecule has 0 saturated heterocycles. The maximum absolute atomic E-state index is 5.70. The van der Waals surface area contributed by atoms with Crippen LogP contribution in [0.1, 0.15) is 67.7 Å². The first-order valence-corrected chi connectivity index (χ1v) is 10.1. The van der Waals surface area contributed by atoms with Crippen LogP contribution in [0.3, 0.4) is 0 Å². The summed E-state index contributed by atoms with van der Waals surface area (Å²) in [4.78, 5) is 0. The lowest BCUT2D eigenvalue weighted by Crippen LogP contribution is -2.16. The first kappa shape index (κ1) is 23.9. The van der Waals surface area contributed by atoms with Gasteiger partial charge in [-0.2, -0.15) is 0 Å². The molecule has 0 heterocycles. The standard InChI is InChI=1S/C21H44O3/c1-17(2)20(6)9-8-10-22-11-12-23-13-14-24-16-19(5)15-21(7)18(3)4/h17-21H,8-16H2,1-7H3. The van der Waals surface area contributed by atoms with Crippen LogP contribution in [-0.2, 0) is 14.2 Å². The van der Waals surface area contributed by atoms with E-state index in [2.05, 4.69) is 48.5 Å². The first-order chi connectivity index (χ1) is 11.3. The number of ether oxygens (including phenoxy) is 3. The molecule has 0 radical (unpaired) electrons. The fraction of sp³-hybridized carbons (Fsp3) is 1.00. The maximum atomic E-state index is 5.70. The van der Waals surface area contributed by atoms with E-state index in [0.717, 1.165) is 43.3 Å². The van der Waals surface area contributed by atoms with Crippen molar-refractivity contribution >= 4 is 0 Å². The Morgan fingerprint density at radius 2 is 1.08 bits per heavy atom. The quantitative estimate of drug-likeness (QED) is 0.350. The smallest absolute Gasteiger partial charge is 0.0701 e. The molecule has 0 aromatic heterocycles. The van der Waals surface area contributed by atoms with Crippen LogP contribution in [0.2, 0.25) is 0 Å². The van der Waals surface area contributed by atoms with Gasteiger partial charge in [-0.15, -0.1) is 0 Å². The van der Waals surface area contributed by atoms with Crippen LogP contribution < -0.4 is 0 Å². The van der Waals surface area contributed by atoms with Crippen LogP contribution in [0.5, 0.6) is 0 Å². The third-order valence-electron chi connectivity index (χ3n) is 5.14. The summed E-state index contributed by atoms with van der Waals surface area (Å²) in [5.74, 6) is 3.70. The molecule has 3 atom stereocenters. The largest absolute Gasteiger partial charge is 0.379 e. The summed E-state index contributed by atoms with van der Waals surface area (Å²) in [6.07, 6.45) is 3.64. The molecular formula is C21H44O3. The third kappa shape index (κ3) is 14.2. The molecule has 3 nitrogen and oxygen atoms in total. The lowest BCUT2D eigenvalue weighted by Gasteiger charge is -2.20. The molecule has 0 saturated carbocycles. The average Bonchev–Trinajstić information content (AvgIpc) is 2.51. The fourth-order valence-electron chi connectivity index (χ4n) is 2.54. The number of rotatable bonds is 16. The normalized spacial score (nSPS) is 15.9. The van der Waals surface area contributed by atoms with E-state index in [9.17, 15) is 0 Å². The molecule has 0 aliphatic carbocycles. The van der Waals surface area contributed by atoms with Gasteiger partial charge >= 0.3 is 0 Å². The Labute approximate surface area is 151 Å². The minimum absolute atomic E-state index is 0.624. The van der Waals surface area contributed by atoms with Crippen molar-refractivity contribution in [1.82, 2.24) is 0 Å². The van der Waals surface area contributed by atoms with E-state index in [1.165, 1.54) is 12.8 Å². The van der Waals surface area contributed by atoms with Crippen molar-refractivity contribution in [3.8, 4) is 0 Å². The Morgan fingerprint density at radius 1 is 0.583 bits per heavy atom. The second-order valence-electron chi connectivity index (χ2n) is 8.23. The third-order valence-corrected chi connectivity index (χ3v) is 5.14. The Bertz CT molecular complexity index is 266. The summed E-state index contributed by atoms with van der Waals surface area (Å²) in [7, 11) is 0. The highest BCUT2D eigenvalue weighted by molar-refractivity contribution is 4.62. The molecule has 0 N–H and O–H groups in total. The number of hydrogen-bond acceptors (Lipinski definition) is 3. The monoisotopic (exact) mass is 344 g/mol. The fourth-order valence-corrected chi connectivity index (χ4v) is 2.54. The second kappa shape index (κ2) is 15.2.